The topological polar surface area (TPSA) is 80.9 Å². The molecule has 0 saturated heterocycles. The first kappa shape index (κ1) is 12.5. The summed E-state index contributed by atoms with van der Waals surface area (Å²) in [5.41, 5.74) is 8.94. The Kier molecular flexibility index (Phi) is 3.04. The minimum atomic E-state index is -0.411. The summed E-state index contributed by atoms with van der Waals surface area (Å²) >= 11 is 0. The lowest BCUT2D eigenvalue weighted by molar-refractivity contribution is 0.0943. The fourth-order valence-electron chi connectivity index (χ4n) is 2.11. The molecule has 0 aliphatic rings. The van der Waals surface area contributed by atoms with Crippen LogP contribution in [0.2, 0.25) is 0 Å². The smallest absolute Gasteiger partial charge is 0.254 e. The summed E-state index contributed by atoms with van der Waals surface area (Å²) in [4.78, 5) is 21.2. The van der Waals surface area contributed by atoms with E-state index in [0.717, 1.165) is 11.0 Å². The number of nitrogens with zero attached hydrogens (tertiary/aromatic N) is 2. The summed E-state index contributed by atoms with van der Waals surface area (Å²) < 4.78 is 0. The number of rotatable bonds is 2. The third-order valence-electron chi connectivity index (χ3n) is 2.97. The number of para-hydroxylation sites is 3. The number of nitrogens with two attached hydrogens (primary N) is 1. The molecular formula is C15H14N4O. The zero-order valence-corrected chi connectivity index (χ0v) is 11.0. The normalized spacial score (nSPS) is 12.5. The van der Waals surface area contributed by atoms with Gasteiger partial charge in [-0.15, -0.1) is 0 Å². The summed E-state index contributed by atoms with van der Waals surface area (Å²) in [6.07, 6.45) is -0.411. The second kappa shape index (κ2) is 4.86. The first-order chi connectivity index (χ1) is 9.65. The van der Waals surface area contributed by atoms with Crippen molar-refractivity contribution in [2.75, 3.05) is 0 Å². The molecule has 0 spiro atoms. The van der Waals surface area contributed by atoms with Crippen LogP contribution in [-0.2, 0) is 0 Å². The monoisotopic (exact) mass is 266 g/mol. The Morgan fingerprint density at radius 3 is 2.40 bits per heavy atom. The van der Waals surface area contributed by atoms with Crippen LogP contribution >= 0.6 is 0 Å². The lowest BCUT2D eigenvalue weighted by Crippen LogP contribution is -2.38. The van der Waals surface area contributed by atoms with Crippen LogP contribution in [0.1, 0.15) is 17.3 Å². The number of amides is 1. The molecule has 0 aliphatic heterocycles. The number of hydrogen-bond donors (Lipinski definition) is 2. The highest BCUT2D eigenvalue weighted by Crippen LogP contribution is 2.19. The minimum Gasteiger partial charge on any atom is -0.337 e. The summed E-state index contributed by atoms with van der Waals surface area (Å²) in [5, 5.41) is 2.67. The average molecular weight is 266 g/mol. The SMILES string of the molecule is CC(N)NC(=O)c1cccc2nc3ccccc3nc12. The van der Waals surface area contributed by atoms with Gasteiger partial charge >= 0.3 is 0 Å². The van der Waals surface area contributed by atoms with E-state index in [1.807, 2.05) is 30.3 Å². The second-order valence-corrected chi connectivity index (χ2v) is 4.65. The van der Waals surface area contributed by atoms with Crippen molar-refractivity contribution in [1.82, 2.24) is 15.3 Å². The van der Waals surface area contributed by atoms with Gasteiger partial charge in [0, 0.05) is 0 Å². The molecule has 1 amide bonds. The van der Waals surface area contributed by atoms with Gasteiger partial charge in [0.15, 0.2) is 0 Å². The number of hydrogen-bond acceptors (Lipinski definition) is 4. The van der Waals surface area contributed by atoms with Crippen molar-refractivity contribution in [2.24, 2.45) is 5.73 Å². The van der Waals surface area contributed by atoms with Crippen LogP contribution in [0.15, 0.2) is 42.5 Å². The summed E-state index contributed by atoms with van der Waals surface area (Å²) in [7, 11) is 0. The zero-order valence-electron chi connectivity index (χ0n) is 11.0. The molecule has 0 radical (unpaired) electrons. The molecule has 3 aromatic rings. The number of nitrogens with one attached hydrogen (secondary N) is 1. The Hall–Kier alpha value is -2.53. The van der Waals surface area contributed by atoms with Gasteiger partial charge in [0.1, 0.15) is 5.52 Å². The molecule has 0 fully saturated rings. The number of carbonyl (C=O) groups excluding carboxylic acids is 1. The molecule has 0 aliphatic carbocycles. The van der Waals surface area contributed by atoms with Crippen molar-refractivity contribution < 1.29 is 4.79 Å². The number of aromatic nitrogens is 2. The Morgan fingerprint density at radius 1 is 1.05 bits per heavy atom. The van der Waals surface area contributed by atoms with Crippen LogP contribution in [0.5, 0.6) is 0 Å². The third kappa shape index (κ3) is 2.19. The van der Waals surface area contributed by atoms with Crippen molar-refractivity contribution in [3.05, 3.63) is 48.0 Å². The molecule has 100 valence electrons. The molecule has 2 aromatic carbocycles. The maximum absolute atomic E-state index is 12.1. The zero-order chi connectivity index (χ0) is 14.1. The lowest BCUT2D eigenvalue weighted by Gasteiger charge is -2.10. The lowest BCUT2D eigenvalue weighted by atomic mass is 10.1. The van der Waals surface area contributed by atoms with Gasteiger partial charge in [0.25, 0.3) is 5.91 Å². The molecule has 0 bridgehead atoms. The molecule has 20 heavy (non-hydrogen) atoms. The van der Waals surface area contributed by atoms with Crippen molar-refractivity contribution in [3.63, 3.8) is 0 Å². The van der Waals surface area contributed by atoms with E-state index in [9.17, 15) is 4.79 Å². The highest BCUT2D eigenvalue weighted by molar-refractivity contribution is 6.06. The van der Waals surface area contributed by atoms with Gasteiger partial charge in [0.05, 0.1) is 28.3 Å². The minimum absolute atomic E-state index is 0.241. The maximum atomic E-state index is 12.1. The summed E-state index contributed by atoms with van der Waals surface area (Å²) in [6.45, 7) is 1.71. The number of fused-ring (bicyclic) bond motifs is 2. The Morgan fingerprint density at radius 2 is 1.70 bits per heavy atom. The predicted molar refractivity (Wildman–Crippen MR) is 78.2 cm³/mol. The van der Waals surface area contributed by atoms with E-state index < -0.39 is 6.17 Å². The molecule has 0 saturated carbocycles. The first-order valence-electron chi connectivity index (χ1n) is 6.37. The third-order valence-corrected chi connectivity index (χ3v) is 2.97. The van der Waals surface area contributed by atoms with E-state index in [0.29, 0.717) is 16.6 Å². The van der Waals surface area contributed by atoms with Gasteiger partial charge in [-0.3, -0.25) is 4.79 Å². The molecule has 5 nitrogen and oxygen atoms in total. The summed E-state index contributed by atoms with van der Waals surface area (Å²) in [5.74, 6) is -0.241. The van der Waals surface area contributed by atoms with Crippen LogP contribution < -0.4 is 11.1 Å². The van der Waals surface area contributed by atoms with Crippen LogP contribution in [0.4, 0.5) is 0 Å². The first-order valence-corrected chi connectivity index (χ1v) is 6.37. The van der Waals surface area contributed by atoms with Crippen LogP contribution in [0, 0.1) is 0 Å². The molecule has 1 unspecified atom stereocenters. The van der Waals surface area contributed by atoms with Gasteiger partial charge in [-0.2, -0.15) is 0 Å². The molecule has 1 aromatic heterocycles. The highest BCUT2D eigenvalue weighted by atomic mass is 16.1. The molecule has 5 heteroatoms. The Balaban J connectivity index is 2.22. The Labute approximate surface area is 115 Å². The maximum Gasteiger partial charge on any atom is 0.254 e. The van der Waals surface area contributed by atoms with Gasteiger partial charge < -0.3 is 11.1 Å². The van der Waals surface area contributed by atoms with Crippen LogP contribution in [0.3, 0.4) is 0 Å². The quantitative estimate of drug-likeness (QED) is 0.547. The van der Waals surface area contributed by atoms with Gasteiger partial charge in [-0.25, -0.2) is 9.97 Å². The summed E-state index contributed by atoms with van der Waals surface area (Å²) in [6, 6.07) is 12.9. The molecular weight excluding hydrogens is 252 g/mol. The van der Waals surface area contributed by atoms with Gasteiger partial charge in [-0.05, 0) is 31.2 Å². The van der Waals surface area contributed by atoms with E-state index >= 15 is 0 Å². The second-order valence-electron chi connectivity index (χ2n) is 4.65. The van der Waals surface area contributed by atoms with Crippen molar-refractivity contribution in [3.8, 4) is 0 Å². The van der Waals surface area contributed by atoms with Crippen molar-refractivity contribution >= 4 is 28.0 Å². The molecule has 3 N–H and O–H groups in total. The molecule has 3 rings (SSSR count). The van der Waals surface area contributed by atoms with Crippen LogP contribution in [0.25, 0.3) is 22.1 Å². The van der Waals surface area contributed by atoms with Gasteiger partial charge in [-0.1, -0.05) is 18.2 Å². The van der Waals surface area contributed by atoms with E-state index in [2.05, 4.69) is 15.3 Å². The fourth-order valence-corrected chi connectivity index (χ4v) is 2.11. The van der Waals surface area contributed by atoms with Crippen LogP contribution in [-0.4, -0.2) is 22.0 Å². The highest BCUT2D eigenvalue weighted by Gasteiger charge is 2.13. The largest absolute Gasteiger partial charge is 0.337 e. The Bertz CT molecular complexity index is 798. The van der Waals surface area contributed by atoms with E-state index in [4.69, 9.17) is 5.73 Å². The van der Waals surface area contributed by atoms with Crippen molar-refractivity contribution in [1.29, 1.82) is 0 Å². The number of benzene rings is 2. The standard InChI is InChI=1S/C15H14N4O/c1-9(16)17-15(20)10-5-4-8-13-14(10)19-12-7-3-2-6-11(12)18-13/h2-9H,16H2,1H3,(H,17,20). The molecule has 1 atom stereocenters. The average Bonchev–Trinajstić information content (AvgIpc) is 2.43. The van der Waals surface area contributed by atoms with E-state index in [-0.39, 0.29) is 5.91 Å². The van der Waals surface area contributed by atoms with Gasteiger partial charge in [0.2, 0.25) is 0 Å². The molecule has 1 heterocycles. The van der Waals surface area contributed by atoms with Crippen molar-refractivity contribution in [2.45, 2.75) is 13.1 Å². The van der Waals surface area contributed by atoms with E-state index in [1.165, 1.54) is 0 Å². The predicted octanol–water partition coefficient (Wildman–Crippen LogP) is 1.82. The number of carbonyl (C=O) groups is 1. The van der Waals surface area contributed by atoms with E-state index in [1.54, 1.807) is 19.1 Å². The fraction of sp³-hybridized carbons (Fsp3) is 0.133.